The summed E-state index contributed by atoms with van der Waals surface area (Å²) in [5, 5.41) is 9.21. The highest BCUT2D eigenvalue weighted by Crippen LogP contribution is 2.46. The van der Waals surface area contributed by atoms with Gasteiger partial charge >= 0.3 is 0 Å². The van der Waals surface area contributed by atoms with Crippen LogP contribution in [0.15, 0.2) is 42.9 Å². The average molecular weight is 373 g/mol. The van der Waals surface area contributed by atoms with Gasteiger partial charge < -0.3 is 14.8 Å². The van der Waals surface area contributed by atoms with Crippen LogP contribution in [0.5, 0.6) is 0 Å². The van der Waals surface area contributed by atoms with Gasteiger partial charge in [-0.05, 0) is 25.0 Å². The van der Waals surface area contributed by atoms with Crippen LogP contribution in [0.4, 0.5) is 5.82 Å². The molecule has 140 valence electrons. The molecule has 0 unspecified atom stereocenters. The van der Waals surface area contributed by atoms with E-state index in [0.29, 0.717) is 12.2 Å². The molecule has 4 aromatic rings. The van der Waals surface area contributed by atoms with Crippen LogP contribution in [0.2, 0.25) is 0 Å². The zero-order valence-corrected chi connectivity index (χ0v) is 15.2. The van der Waals surface area contributed by atoms with Crippen molar-refractivity contribution in [3.8, 4) is 0 Å². The summed E-state index contributed by atoms with van der Waals surface area (Å²) < 4.78 is 0. The van der Waals surface area contributed by atoms with Crippen molar-refractivity contribution in [3.05, 3.63) is 48.5 Å². The number of hydrogen-bond acceptors (Lipinski definition) is 5. The number of piperazine rings is 1. The van der Waals surface area contributed by atoms with Crippen molar-refractivity contribution in [2.45, 2.75) is 18.4 Å². The Balaban J connectivity index is 1.32. The van der Waals surface area contributed by atoms with Crippen molar-refractivity contribution in [1.29, 1.82) is 0 Å². The maximum atomic E-state index is 13.3. The van der Waals surface area contributed by atoms with E-state index in [1.54, 1.807) is 6.33 Å². The predicted octanol–water partition coefficient (Wildman–Crippen LogP) is 2.33. The van der Waals surface area contributed by atoms with E-state index in [-0.39, 0.29) is 11.4 Å². The van der Waals surface area contributed by atoms with E-state index in [2.05, 4.69) is 30.0 Å². The molecular weight excluding hydrogens is 354 g/mol. The first-order valence-electron chi connectivity index (χ1n) is 9.53. The molecule has 8 nitrogen and oxygen atoms in total. The van der Waals surface area contributed by atoms with Crippen LogP contribution in [0, 0.1) is 0 Å². The fraction of sp³-hybridized carbons (Fsp3) is 0.300. The van der Waals surface area contributed by atoms with Crippen LogP contribution in [0.25, 0.3) is 21.9 Å². The van der Waals surface area contributed by atoms with Gasteiger partial charge in [0, 0.05) is 31.2 Å². The molecule has 8 heteroatoms. The number of nitrogens with zero attached hydrogens (tertiary/aromatic N) is 5. The van der Waals surface area contributed by atoms with Crippen LogP contribution >= 0.6 is 0 Å². The lowest BCUT2D eigenvalue weighted by Gasteiger charge is -2.42. The number of carbonyl (C=O) groups excluding carboxylic acids is 1. The Morgan fingerprint density at radius 2 is 1.96 bits per heavy atom. The predicted molar refractivity (Wildman–Crippen MR) is 105 cm³/mol. The second-order valence-electron chi connectivity index (χ2n) is 7.66. The Hall–Kier alpha value is -3.42. The Kier molecular flexibility index (Phi) is 3.09. The number of nitrogens with one attached hydrogen (secondary N) is 2. The highest BCUT2D eigenvalue weighted by Gasteiger charge is 2.54. The summed E-state index contributed by atoms with van der Waals surface area (Å²) in [4.78, 5) is 29.6. The summed E-state index contributed by atoms with van der Waals surface area (Å²) in [6.45, 7) is 2.20. The molecule has 0 bridgehead atoms. The van der Waals surface area contributed by atoms with Gasteiger partial charge in [-0.15, -0.1) is 0 Å². The van der Waals surface area contributed by atoms with Gasteiger partial charge in [-0.3, -0.25) is 9.89 Å². The third-order valence-corrected chi connectivity index (χ3v) is 6.03. The van der Waals surface area contributed by atoms with Crippen LogP contribution in [0.1, 0.15) is 23.3 Å². The van der Waals surface area contributed by atoms with Gasteiger partial charge in [-0.1, -0.05) is 18.2 Å². The lowest BCUT2D eigenvalue weighted by Crippen LogP contribution is -2.57. The summed E-state index contributed by atoms with van der Waals surface area (Å²) in [6.07, 6.45) is 5.51. The summed E-state index contributed by atoms with van der Waals surface area (Å²) in [5.74, 6) is 0.957. The van der Waals surface area contributed by atoms with Crippen molar-refractivity contribution in [2.24, 2.45) is 0 Å². The summed E-state index contributed by atoms with van der Waals surface area (Å²) in [6, 6.07) is 9.79. The number of fused-ring (bicyclic) bond motifs is 2. The monoisotopic (exact) mass is 373 g/mol. The van der Waals surface area contributed by atoms with Gasteiger partial charge in [0.05, 0.1) is 16.4 Å². The molecule has 1 aromatic carbocycles. The minimum absolute atomic E-state index is 0.0177. The number of hydrogen-bond donors (Lipinski definition) is 2. The zero-order chi connectivity index (χ0) is 18.7. The summed E-state index contributed by atoms with van der Waals surface area (Å²) in [5.41, 5.74) is 2.13. The molecule has 1 amide bonds. The number of aromatic amines is 2. The Morgan fingerprint density at radius 1 is 1.07 bits per heavy atom. The van der Waals surface area contributed by atoms with E-state index in [4.69, 9.17) is 0 Å². The second kappa shape index (κ2) is 5.54. The lowest BCUT2D eigenvalue weighted by atomic mass is 10.1. The second-order valence-corrected chi connectivity index (χ2v) is 7.66. The molecule has 2 N–H and O–H groups in total. The first-order chi connectivity index (χ1) is 13.8. The number of carbonyl (C=O) groups is 1. The van der Waals surface area contributed by atoms with Crippen LogP contribution in [-0.2, 0) is 0 Å². The van der Waals surface area contributed by atoms with Gasteiger partial charge in [0.15, 0.2) is 5.69 Å². The third kappa shape index (κ3) is 2.17. The maximum absolute atomic E-state index is 13.3. The number of anilines is 1. The highest BCUT2D eigenvalue weighted by atomic mass is 16.2. The average Bonchev–Trinajstić information content (AvgIpc) is 3.16. The number of benzene rings is 1. The van der Waals surface area contributed by atoms with Crippen molar-refractivity contribution in [2.75, 3.05) is 24.5 Å². The molecule has 1 spiro atoms. The number of para-hydroxylation sites is 1. The molecular formula is C20H19N7O. The van der Waals surface area contributed by atoms with E-state index >= 15 is 0 Å². The van der Waals surface area contributed by atoms with Crippen molar-refractivity contribution < 1.29 is 4.79 Å². The Bertz CT molecular complexity index is 1210. The van der Waals surface area contributed by atoms with E-state index in [1.165, 1.54) is 0 Å². The van der Waals surface area contributed by atoms with Gasteiger partial charge in [0.25, 0.3) is 5.91 Å². The van der Waals surface area contributed by atoms with Crippen LogP contribution in [-0.4, -0.2) is 61.1 Å². The molecule has 2 aliphatic rings. The molecule has 2 fully saturated rings. The highest BCUT2D eigenvalue weighted by molar-refractivity contribution is 6.05. The normalized spacial score (nSPS) is 18.3. The molecule has 28 heavy (non-hydrogen) atoms. The van der Waals surface area contributed by atoms with E-state index in [1.807, 2.05) is 41.4 Å². The van der Waals surface area contributed by atoms with Gasteiger partial charge in [0.1, 0.15) is 17.8 Å². The Labute approximate surface area is 160 Å². The number of rotatable bonds is 2. The SMILES string of the molecule is O=C(c1n[nH]c2ccccc12)N1CCN(c2ncnc3[nH]ccc23)CC12CC2. The minimum Gasteiger partial charge on any atom is -0.352 e. The maximum Gasteiger partial charge on any atom is 0.275 e. The first kappa shape index (κ1) is 15.6. The molecule has 1 saturated carbocycles. The van der Waals surface area contributed by atoms with Crippen LogP contribution in [0.3, 0.4) is 0 Å². The fourth-order valence-electron chi connectivity index (χ4n) is 4.41. The van der Waals surface area contributed by atoms with Gasteiger partial charge in [-0.2, -0.15) is 5.10 Å². The minimum atomic E-state index is -0.122. The summed E-state index contributed by atoms with van der Waals surface area (Å²) >= 11 is 0. The molecule has 1 saturated heterocycles. The molecule has 3 aromatic heterocycles. The van der Waals surface area contributed by atoms with E-state index < -0.39 is 0 Å². The quantitative estimate of drug-likeness (QED) is 0.562. The third-order valence-electron chi connectivity index (χ3n) is 6.03. The van der Waals surface area contributed by atoms with Crippen molar-refractivity contribution in [1.82, 2.24) is 30.0 Å². The molecule has 0 atom stereocenters. The molecule has 4 heterocycles. The smallest absolute Gasteiger partial charge is 0.275 e. The van der Waals surface area contributed by atoms with E-state index in [9.17, 15) is 4.79 Å². The zero-order valence-electron chi connectivity index (χ0n) is 15.2. The largest absolute Gasteiger partial charge is 0.352 e. The lowest BCUT2D eigenvalue weighted by molar-refractivity contribution is 0.0620. The topological polar surface area (TPSA) is 93.8 Å². The van der Waals surface area contributed by atoms with Crippen molar-refractivity contribution >= 4 is 33.7 Å². The molecule has 1 aliphatic heterocycles. The number of aromatic nitrogens is 5. The van der Waals surface area contributed by atoms with E-state index in [0.717, 1.165) is 53.7 Å². The Morgan fingerprint density at radius 3 is 2.86 bits per heavy atom. The standard InChI is InChI=1S/C20H19N7O/c28-19(16-13-3-1-2-4-15(13)24-25-16)27-10-9-26(11-20(27)6-7-20)18-14-5-8-21-17(14)22-12-23-18/h1-5,8,12H,6-7,9-11H2,(H,24,25)(H,21,22,23). The molecule has 0 radical (unpaired) electrons. The fourth-order valence-corrected chi connectivity index (χ4v) is 4.41. The summed E-state index contributed by atoms with van der Waals surface area (Å²) in [7, 11) is 0. The first-order valence-corrected chi connectivity index (χ1v) is 9.53. The molecule has 6 rings (SSSR count). The van der Waals surface area contributed by atoms with Crippen molar-refractivity contribution in [3.63, 3.8) is 0 Å². The van der Waals surface area contributed by atoms with Gasteiger partial charge in [-0.25, -0.2) is 9.97 Å². The molecule has 1 aliphatic carbocycles. The van der Waals surface area contributed by atoms with Crippen LogP contribution < -0.4 is 4.90 Å². The van der Waals surface area contributed by atoms with Gasteiger partial charge in [0.2, 0.25) is 0 Å². The number of amides is 1. The number of H-pyrrole nitrogens is 2.